The molecule has 0 aromatic heterocycles. The Labute approximate surface area is 123 Å². The Balaban J connectivity index is 2.41. The van der Waals surface area contributed by atoms with Gasteiger partial charge in [-0.3, -0.25) is 10.1 Å². The number of nitro benzene ring substituents is 1. The maximum Gasteiger partial charge on any atom is 0.312 e. The average molecular weight is 340 g/mol. The van der Waals surface area contributed by atoms with E-state index in [0.29, 0.717) is 10.2 Å². The molecule has 0 heterocycles. The van der Waals surface area contributed by atoms with Gasteiger partial charge in [-0.2, -0.15) is 0 Å². The molecule has 2 aromatic carbocycles. The number of nitrogens with zero attached hydrogens (tertiary/aromatic N) is 1. The molecule has 0 spiro atoms. The smallest absolute Gasteiger partial charge is 0.312 e. The van der Waals surface area contributed by atoms with E-state index in [2.05, 4.69) is 15.9 Å². The molecular weight excluding hydrogens is 330 g/mol. The molecule has 0 aliphatic rings. The van der Waals surface area contributed by atoms with Gasteiger partial charge in [-0.05, 0) is 30.5 Å². The molecule has 98 valence electrons. The highest BCUT2D eigenvalue weighted by Crippen LogP contribution is 2.37. The molecule has 0 N–H and O–H groups in total. The summed E-state index contributed by atoms with van der Waals surface area (Å²) < 4.78 is 6.31. The maximum atomic E-state index is 11.0. The monoisotopic (exact) mass is 339 g/mol. The van der Waals surface area contributed by atoms with Crippen LogP contribution in [0.3, 0.4) is 0 Å². The molecule has 0 aliphatic heterocycles. The summed E-state index contributed by atoms with van der Waals surface area (Å²) in [4.78, 5) is 11.5. The number of ether oxygens (including phenoxy) is 1. The molecule has 0 amide bonds. The van der Waals surface area contributed by atoms with Crippen molar-refractivity contribution >= 4 is 33.4 Å². The standard InChI is InChI=1S/C13H10BrNO3S/c1-19-13-5-3-2-4-12(13)18-11-7-6-9(14)8-10(11)15(16)17/h2-8H,1H3. The number of hydrogen-bond acceptors (Lipinski definition) is 4. The summed E-state index contributed by atoms with van der Waals surface area (Å²) >= 11 is 4.74. The quantitative estimate of drug-likeness (QED) is 0.453. The van der Waals surface area contributed by atoms with Crippen LogP contribution in [0.15, 0.2) is 51.8 Å². The molecule has 0 bridgehead atoms. The summed E-state index contributed by atoms with van der Waals surface area (Å²) in [5.74, 6) is 0.843. The fourth-order valence-electron chi connectivity index (χ4n) is 1.54. The molecule has 0 unspecified atom stereocenters. The molecular formula is C13H10BrNO3S. The molecule has 2 rings (SSSR count). The topological polar surface area (TPSA) is 52.4 Å². The van der Waals surface area contributed by atoms with Gasteiger partial charge < -0.3 is 4.74 Å². The lowest BCUT2D eigenvalue weighted by Crippen LogP contribution is -1.94. The van der Waals surface area contributed by atoms with Gasteiger partial charge in [-0.1, -0.05) is 28.1 Å². The van der Waals surface area contributed by atoms with Gasteiger partial charge >= 0.3 is 5.69 Å². The number of nitro groups is 1. The minimum Gasteiger partial charge on any atom is -0.449 e. The first-order valence-electron chi connectivity index (χ1n) is 5.36. The predicted octanol–water partition coefficient (Wildman–Crippen LogP) is 4.87. The van der Waals surface area contributed by atoms with Crippen LogP contribution in [-0.2, 0) is 0 Å². The van der Waals surface area contributed by atoms with Crippen molar-refractivity contribution in [3.05, 3.63) is 57.1 Å². The zero-order valence-electron chi connectivity index (χ0n) is 10.00. The van der Waals surface area contributed by atoms with Gasteiger partial charge in [-0.15, -0.1) is 11.8 Å². The van der Waals surface area contributed by atoms with Crippen molar-refractivity contribution in [2.45, 2.75) is 4.90 Å². The Morgan fingerprint density at radius 3 is 2.63 bits per heavy atom. The number of halogens is 1. The molecule has 0 fully saturated rings. The van der Waals surface area contributed by atoms with Crippen LogP contribution in [0.25, 0.3) is 0 Å². The Morgan fingerprint density at radius 1 is 1.21 bits per heavy atom. The van der Waals surface area contributed by atoms with E-state index in [1.54, 1.807) is 18.2 Å². The molecule has 6 heteroatoms. The number of thioether (sulfide) groups is 1. The van der Waals surface area contributed by atoms with Crippen molar-refractivity contribution in [2.75, 3.05) is 6.26 Å². The molecule has 0 aliphatic carbocycles. The molecule has 4 nitrogen and oxygen atoms in total. The van der Waals surface area contributed by atoms with Gasteiger partial charge in [0.15, 0.2) is 0 Å². The van der Waals surface area contributed by atoms with E-state index < -0.39 is 4.92 Å². The van der Waals surface area contributed by atoms with Gasteiger partial charge in [-0.25, -0.2) is 0 Å². The van der Waals surface area contributed by atoms with Gasteiger partial charge in [0.2, 0.25) is 5.75 Å². The Morgan fingerprint density at radius 2 is 1.95 bits per heavy atom. The van der Waals surface area contributed by atoms with Crippen LogP contribution in [0, 0.1) is 10.1 Å². The minimum atomic E-state index is -0.457. The average Bonchev–Trinajstić information content (AvgIpc) is 2.41. The Bertz CT molecular complexity index is 619. The second-order valence-corrected chi connectivity index (χ2v) is 5.39. The van der Waals surface area contributed by atoms with Crippen molar-refractivity contribution in [1.29, 1.82) is 0 Å². The van der Waals surface area contributed by atoms with Crippen LogP contribution in [0.4, 0.5) is 5.69 Å². The number of rotatable bonds is 4. The van der Waals surface area contributed by atoms with Crippen molar-refractivity contribution < 1.29 is 9.66 Å². The first kappa shape index (κ1) is 13.9. The number of para-hydroxylation sites is 1. The van der Waals surface area contributed by atoms with Crippen LogP contribution >= 0.6 is 27.7 Å². The second-order valence-electron chi connectivity index (χ2n) is 3.62. The molecule has 0 saturated heterocycles. The fraction of sp³-hybridized carbons (Fsp3) is 0.0769. The summed E-state index contributed by atoms with van der Waals surface area (Å²) in [5.41, 5.74) is -0.0646. The third kappa shape index (κ3) is 3.27. The Hall–Kier alpha value is -1.53. The van der Waals surface area contributed by atoms with E-state index in [4.69, 9.17) is 4.74 Å². The van der Waals surface area contributed by atoms with Gasteiger partial charge in [0, 0.05) is 15.4 Å². The highest BCUT2D eigenvalue weighted by atomic mass is 79.9. The lowest BCUT2D eigenvalue weighted by atomic mass is 10.3. The van der Waals surface area contributed by atoms with Crippen molar-refractivity contribution in [1.82, 2.24) is 0 Å². The van der Waals surface area contributed by atoms with Crippen LogP contribution in [0.5, 0.6) is 11.5 Å². The SMILES string of the molecule is CSc1ccccc1Oc1ccc(Br)cc1[N+](=O)[O-]. The fourth-order valence-corrected chi connectivity index (χ4v) is 2.42. The van der Waals surface area contributed by atoms with Gasteiger partial charge in [0.1, 0.15) is 5.75 Å². The number of hydrogen-bond donors (Lipinski definition) is 0. The maximum absolute atomic E-state index is 11.0. The van der Waals surface area contributed by atoms with E-state index in [1.807, 2.05) is 24.5 Å². The Kier molecular flexibility index (Phi) is 4.44. The van der Waals surface area contributed by atoms with E-state index >= 15 is 0 Å². The highest BCUT2D eigenvalue weighted by molar-refractivity contribution is 9.10. The molecule has 19 heavy (non-hydrogen) atoms. The molecule has 0 atom stereocenters. The van der Waals surface area contributed by atoms with Crippen molar-refractivity contribution in [3.8, 4) is 11.5 Å². The first-order chi connectivity index (χ1) is 9.11. The van der Waals surface area contributed by atoms with E-state index in [-0.39, 0.29) is 11.4 Å². The normalized spacial score (nSPS) is 10.2. The van der Waals surface area contributed by atoms with Crippen molar-refractivity contribution in [3.63, 3.8) is 0 Å². The van der Waals surface area contributed by atoms with Crippen LogP contribution in [0.1, 0.15) is 0 Å². The molecule has 0 saturated carbocycles. The largest absolute Gasteiger partial charge is 0.449 e. The first-order valence-corrected chi connectivity index (χ1v) is 7.38. The highest BCUT2D eigenvalue weighted by Gasteiger charge is 2.17. The van der Waals surface area contributed by atoms with Gasteiger partial charge in [0.25, 0.3) is 0 Å². The summed E-state index contributed by atoms with van der Waals surface area (Å²) in [6, 6.07) is 12.1. The zero-order valence-corrected chi connectivity index (χ0v) is 12.4. The molecule has 2 aromatic rings. The van der Waals surface area contributed by atoms with E-state index in [9.17, 15) is 10.1 Å². The lowest BCUT2D eigenvalue weighted by Gasteiger charge is -2.09. The summed E-state index contributed by atoms with van der Waals surface area (Å²) in [7, 11) is 0. The predicted molar refractivity (Wildman–Crippen MR) is 79.1 cm³/mol. The summed E-state index contributed by atoms with van der Waals surface area (Å²) in [5, 5.41) is 11.0. The third-order valence-corrected chi connectivity index (χ3v) is 3.68. The lowest BCUT2D eigenvalue weighted by molar-refractivity contribution is -0.385. The summed E-state index contributed by atoms with van der Waals surface area (Å²) in [6.07, 6.45) is 1.93. The van der Waals surface area contributed by atoms with Crippen LogP contribution < -0.4 is 4.74 Å². The van der Waals surface area contributed by atoms with Crippen LogP contribution in [0.2, 0.25) is 0 Å². The number of benzene rings is 2. The third-order valence-electron chi connectivity index (χ3n) is 2.41. The van der Waals surface area contributed by atoms with Crippen molar-refractivity contribution in [2.24, 2.45) is 0 Å². The summed E-state index contributed by atoms with van der Waals surface area (Å²) in [6.45, 7) is 0. The van der Waals surface area contributed by atoms with Gasteiger partial charge in [0.05, 0.1) is 4.92 Å². The van der Waals surface area contributed by atoms with E-state index in [1.165, 1.54) is 17.8 Å². The van der Waals surface area contributed by atoms with Crippen LogP contribution in [-0.4, -0.2) is 11.2 Å². The zero-order chi connectivity index (χ0) is 13.8. The van der Waals surface area contributed by atoms with E-state index in [0.717, 1.165) is 4.90 Å². The second kappa shape index (κ2) is 6.08. The minimum absolute atomic E-state index is 0.0646. The molecule has 0 radical (unpaired) electrons.